The lowest BCUT2D eigenvalue weighted by atomic mass is 10.0. The van der Waals surface area contributed by atoms with E-state index in [1.165, 1.54) is 11.3 Å². The lowest BCUT2D eigenvalue weighted by molar-refractivity contribution is -0.134. The van der Waals surface area contributed by atoms with Gasteiger partial charge in [-0.1, -0.05) is 19.9 Å². The molecule has 0 saturated carbocycles. The molecule has 0 spiro atoms. The van der Waals surface area contributed by atoms with Crippen LogP contribution in [0.3, 0.4) is 0 Å². The number of halogens is 1. The third-order valence-electron chi connectivity index (χ3n) is 4.56. The summed E-state index contributed by atoms with van der Waals surface area (Å²) in [6.45, 7) is 5.47. The highest BCUT2D eigenvalue weighted by molar-refractivity contribution is 7.12. The summed E-state index contributed by atoms with van der Waals surface area (Å²) in [5.41, 5.74) is 6.06. The van der Waals surface area contributed by atoms with Crippen molar-refractivity contribution in [2.24, 2.45) is 11.7 Å². The van der Waals surface area contributed by atoms with Crippen LogP contribution in [0.25, 0.3) is 0 Å². The van der Waals surface area contributed by atoms with Crippen molar-refractivity contribution in [1.29, 1.82) is 0 Å². The topological polar surface area (TPSA) is 66.6 Å². The van der Waals surface area contributed by atoms with E-state index in [1.807, 2.05) is 24.6 Å². The smallest absolute Gasteiger partial charge is 0.264 e. The second-order valence-corrected chi connectivity index (χ2v) is 7.54. The molecular weight excluding hydrogens is 346 g/mol. The van der Waals surface area contributed by atoms with Crippen LogP contribution in [-0.4, -0.2) is 53.8 Å². The zero-order valence-corrected chi connectivity index (χ0v) is 16.2. The van der Waals surface area contributed by atoms with E-state index in [-0.39, 0.29) is 36.3 Å². The Morgan fingerprint density at radius 2 is 2.17 bits per heavy atom. The minimum absolute atomic E-state index is 0. The number of hydrogen-bond acceptors (Lipinski definition) is 4. The molecule has 0 bridgehead atoms. The van der Waals surface area contributed by atoms with Gasteiger partial charge in [0, 0.05) is 26.2 Å². The van der Waals surface area contributed by atoms with Gasteiger partial charge in [0.15, 0.2) is 0 Å². The number of carbonyl (C=O) groups is 2. The first-order chi connectivity index (χ1) is 10.9. The van der Waals surface area contributed by atoms with Gasteiger partial charge in [-0.05, 0) is 36.6 Å². The molecule has 1 saturated heterocycles. The molecule has 0 aromatic carbocycles. The Bertz CT molecular complexity index is 536. The molecule has 0 radical (unpaired) electrons. The Morgan fingerprint density at radius 1 is 1.46 bits per heavy atom. The quantitative estimate of drug-likeness (QED) is 0.833. The summed E-state index contributed by atoms with van der Waals surface area (Å²) in [5, 5.41) is 1.89. The molecule has 2 unspecified atom stereocenters. The van der Waals surface area contributed by atoms with Crippen molar-refractivity contribution >= 4 is 35.6 Å². The minimum Gasteiger partial charge on any atom is -0.344 e. The highest BCUT2D eigenvalue weighted by Gasteiger charge is 2.36. The number of hydrogen-bond donors (Lipinski definition) is 1. The van der Waals surface area contributed by atoms with E-state index in [4.69, 9.17) is 5.73 Å². The van der Waals surface area contributed by atoms with Crippen LogP contribution in [0.2, 0.25) is 0 Å². The number of thiophene rings is 1. The maximum absolute atomic E-state index is 12.7. The van der Waals surface area contributed by atoms with E-state index in [1.54, 1.807) is 9.80 Å². The molecule has 2 N–H and O–H groups in total. The van der Waals surface area contributed by atoms with Gasteiger partial charge in [0.05, 0.1) is 4.88 Å². The van der Waals surface area contributed by atoms with E-state index >= 15 is 0 Å². The highest BCUT2D eigenvalue weighted by atomic mass is 35.5. The number of nitrogens with two attached hydrogens (primary N) is 1. The van der Waals surface area contributed by atoms with E-state index < -0.39 is 0 Å². The van der Waals surface area contributed by atoms with Crippen LogP contribution in [0.1, 0.15) is 42.8 Å². The Balaban J connectivity index is 0.00000288. The van der Waals surface area contributed by atoms with Crippen molar-refractivity contribution in [1.82, 2.24) is 9.80 Å². The van der Waals surface area contributed by atoms with Crippen molar-refractivity contribution in [2.45, 2.75) is 45.2 Å². The number of nitrogens with zero attached hydrogens (tertiary/aromatic N) is 2. The van der Waals surface area contributed by atoms with Gasteiger partial charge in [0.25, 0.3) is 5.91 Å². The molecule has 1 aliphatic heterocycles. The van der Waals surface area contributed by atoms with Crippen molar-refractivity contribution in [2.75, 3.05) is 20.1 Å². The zero-order chi connectivity index (χ0) is 17.0. The van der Waals surface area contributed by atoms with E-state index in [9.17, 15) is 9.59 Å². The molecule has 136 valence electrons. The largest absolute Gasteiger partial charge is 0.344 e. The van der Waals surface area contributed by atoms with Gasteiger partial charge in [-0.25, -0.2) is 0 Å². The van der Waals surface area contributed by atoms with E-state index in [0.717, 1.165) is 19.3 Å². The summed E-state index contributed by atoms with van der Waals surface area (Å²) in [6.07, 6.45) is 2.41. The molecule has 2 amide bonds. The Morgan fingerprint density at radius 3 is 2.75 bits per heavy atom. The first-order valence-corrected chi connectivity index (χ1v) is 9.14. The predicted molar refractivity (Wildman–Crippen MR) is 101 cm³/mol. The third kappa shape index (κ3) is 4.94. The second-order valence-electron chi connectivity index (χ2n) is 6.59. The van der Waals surface area contributed by atoms with E-state index in [2.05, 4.69) is 13.8 Å². The molecule has 1 fully saturated rings. The molecule has 24 heavy (non-hydrogen) atoms. The van der Waals surface area contributed by atoms with Gasteiger partial charge in [0.2, 0.25) is 5.91 Å². The molecule has 1 aromatic rings. The fourth-order valence-corrected chi connectivity index (χ4v) is 3.53. The molecular formula is C17H28ClN3O2S. The van der Waals surface area contributed by atoms with Crippen LogP contribution in [0.5, 0.6) is 0 Å². The second kappa shape index (κ2) is 9.39. The average Bonchev–Trinajstić information content (AvgIpc) is 3.21. The summed E-state index contributed by atoms with van der Waals surface area (Å²) < 4.78 is 0. The summed E-state index contributed by atoms with van der Waals surface area (Å²) in [7, 11) is 1.81. The molecule has 2 atom stereocenters. The summed E-state index contributed by atoms with van der Waals surface area (Å²) in [6, 6.07) is 3.45. The maximum Gasteiger partial charge on any atom is 0.264 e. The lowest BCUT2D eigenvalue weighted by Crippen LogP contribution is -2.47. The lowest BCUT2D eigenvalue weighted by Gasteiger charge is -2.28. The predicted octanol–water partition coefficient (Wildman–Crippen LogP) is 2.61. The van der Waals surface area contributed by atoms with Crippen molar-refractivity contribution < 1.29 is 9.59 Å². The van der Waals surface area contributed by atoms with Crippen LogP contribution >= 0.6 is 23.7 Å². The Hall–Kier alpha value is -1.11. The number of likely N-dealkylation sites (N-methyl/N-ethyl adjacent to an activating group) is 1. The number of carbonyl (C=O) groups excluding carboxylic acids is 2. The molecule has 1 aromatic heterocycles. The molecule has 7 heteroatoms. The summed E-state index contributed by atoms with van der Waals surface area (Å²) in [5.74, 6) is 0.411. The SMILES string of the molecule is CC(C)C(N)CCN(C)C(=O)C1CCCN1C(=O)c1cccs1.Cl. The third-order valence-corrected chi connectivity index (χ3v) is 5.42. The minimum atomic E-state index is -0.329. The van der Waals surface area contributed by atoms with Crippen LogP contribution in [0.15, 0.2) is 17.5 Å². The van der Waals surface area contributed by atoms with Crippen molar-refractivity contribution in [3.8, 4) is 0 Å². The monoisotopic (exact) mass is 373 g/mol. The van der Waals surface area contributed by atoms with Gasteiger partial charge in [-0.2, -0.15) is 0 Å². The van der Waals surface area contributed by atoms with Gasteiger partial charge in [-0.15, -0.1) is 23.7 Å². The number of rotatable bonds is 6. The normalized spacial score (nSPS) is 18.4. The van der Waals surface area contributed by atoms with Crippen LogP contribution in [-0.2, 0) is 4.79 Å². The zero-order valence-electron chi connectivity index (χ0n) is 14.6. The fraction of sp³-hybridized carbons (Fsp3) is 0.647. The Labute approximate surface area is 154 Å². The summed E-state index contributed by atoms with van der Waals surface area (Å²) in [4.78, 5) is 29.4. The van der Waals surface area contributed by atoms with Crippen LogP contribution < -0.4 is 5.73 Å². The van der Waals surface area contributed by atoms with Gasteiger partial charge >= 0.3 is 0 Å². The summed E-state index contributed by atoms with van der Waals surface area (Å²) >= 11 is 1.42. The average molecular weight is 374 g/mol. The standard InChI is InChI=1S/C17H27N3O2S.ClH/c1-12(2)13(18)8-10-19(3)16(21)14-6-4-9-20(14)17(22)15-7-5-11-23-15;/h5,7,11-14H,4,6,8-10,18H2,1-3H3;1H. The fourth-order valence-electron chi connectivity index (χ4n) is 2.85. The van der Waals surface area contributed by atoms with Crippen molar-refractivity contribution in [3.05, 3.63) is 22.4 Å². The highest BCUT2D eigenvalue weighted by Crippen LogP contribution is 2.23. The van der Waals surface area contributed by atoms with Gasteiger partial charge < -0.3 is 15.5 Å². The molecule has 2 heterocycles. The molecule has 5 nitrogen and oxygen atoms in total. The maximum atomic E-state index is 12.7. The first kappa shape index (κ1) is 20.9. The van der Waals surface area contributed by atoms with Crippen LogP contribution in [0, 0.1) is 5.92 Å². The molecule has 2 rings (SSSR count). The number of amides is 2. The van der Waals surface area contributed by atoms with Gasteiger partial charge in [0.1, 0.15) is 6.04 Å². The first-order valence-electron chi connectivity index (χ1n) is 8.27. The van der Waals surface area contributed by atoms with Gasteiger partial charge in [-0.3, -0.25) is 9.59 Å². The molecule has 0 aliphatic carbocycles. The molecule has 1 aliphatic rings. The van der Waals surface area contributed by atoms with E-state index in [0.29, 0.717) is 23.9 Å². The van der Waals surface area contributed by atoms with Crippen LogP contribution in [0.4, 0.5) is 0 Å². The number of likely N-dealkylation sites (tertiary alicyclic amines) is 1. The Kier molecular flexibility index (Phi) is 8.19. The van der Waals surface area contributed by atoms with Crippen molar-refractivity contribution in [3.63, 3.8) is 0 Å².